The van der Waals surface area contributed by atoms with E-state index in [-0.39, 0.29) is 5.91 Å². The summed E-state index contributed by atoms with van der Waals surface area (Å²) in [5.41, 5.74) is 5.24. The standard InChI is InChI=1S/C23H26N4O/c1-3-24-19-7-5-18(6-8-19)23(28)27-14-12-26(13-15-27)22-10-11-25-21-16-17(2)4-9-20(21)22/h4-11,16,24H,3,12-15H2,1-2H3. The molecule has 1 aliphatic heterocycles. The fourth-order valence-electron chi connectivity index (χ4n) is 3.79. The fourth-order valence-corrected chi connectivity index (χ4v) is 3.79. The summed E-state index contributed by atoms with van der Waals surface area (Å²) < 4.78 is 0. The van der Waals surface area contributed by atoms with Gasteiger partial charge >= 0.3 is 0 Å². The summed E-state index contributed by atoms with van der Waals surface area (Å²) in [4.78, 5) is 21.7. The summed E-state index contributed by atoms with van der Waals surface area (Å²) in [6, 6.07) is 16.2. The molecule has 4 rings (SSSR count). The highest BCUT2D eigenvalue weighted by Crippen LogP contribution is 2.27. The monoisotopic (exact) mass is 374 g/mol. The number of rotatable bonds is 4. The van der Waals surface area contributed by atoms with E-state index in [0.717, 1.165) is 49.5 Å². The van der Waals surface area contributed by atoms with Crippen molar-refractivity contribution in [2.45, 2.75) is 13.8 Å². The van der Waals surface area contributed by atoms with E-state index in [1.54, 1.807) is 0 Å². The molecule has 0 bridgehead atoms. The van der Waals surface area contributed by atoms with Gasteiger partial charge in [-0.15, -0.1) is 0 Å². The molecule has 0 saturated carbocycles. The number of nitrogens with zero attached hydrogens (tertiary/aromatic N) is 3. The van der Waals surface area contributed by atoms with E-state index in [9.17, 15) is 4.79 Å². The van der Waals surface area contributed by atoms with Gasteiger partial charge in [0.15, 0.2) is 0 Å². The molecule has 1 N–H and O–H groups in total. The van der Waals surface area contributed by atoms with Crippen LogP contribution < -0.4 is 10.2 Å². The highest BCUT2D eigenvalue weighted by atomic mass is 16.2. The molecule has 2 aromatic carbocycles. The number of nitrogens with one attached hydrogen (secondary N) is 1. The van der Waals surface area contributed by atoms with E-state index >= 15 is 0 Å². The predicted octanol–water partition coefficient (Wildman–Crippen LogP) is 3.94. The van der Waals surface area contributed by atoms with Crippen molar-refractivity contribution in [2.75, 3.05) is 42.9 Å². The van der Waals surface area contributed by atoms with E-state index in [1.165, 1.54) is 16.6 Å². The molecule has 1 saturated heterocycles. The maximum Gasteiger partial charge on any atom is 0.253 e. The third-order valence-corrected chi connectivity index (χ3v) is 5.30. The van der Waals surface area contributed by atoms with Crippen molar-refractivity contribution < 1.29 is 4.79 Å². The van der Waals surface area contributed by atoms with Gasteiger partial charge in [0.25, 0.3) is 5.91 Å². The molecule has 2 heterocycles. The molecule has 144 valence electrons. The minimum atomic E-state index is 0.109. The number of carbonyl (C=O) groups is 1. The first-order valence-electron chi connectivity index (χ1n) is 9.89. The van der Waals surface area contributed by atoms with Gasteiger partial charge in [-0.25, -0.2) is 0 Å². The molecule has 0 spiro atoms. The number of amides is 1. The van der Waals surface area contributed by atoms with Gasteiger partial charge in [-0.05, 0) is 55.8 Å². The zero-order valence-corrected chi connectivity index (χ0v) is 16.5. The molecule has 5 heteroatoms. The number of aryl methyl sites for hydroxylation is 1. The topological polar surface area (TPSA) is 48.5 Å². The maximum absolute atomic E-state index is 12.8. The molecule has 1 fully saturated rings. The van der Waals surface area contributed by atoms with Crippen LogP contribution >= 0.6 is 0 Å². The van der Waals surface area contributed by atoms with Gasteiger partial charge in [-0.3, -0.25) is 9.78 Å². The Morgan fingerprint density at radius 2 is 1.79 bits per heavy atom. The molecule has 3 aromatic rings. The second kappa shape index (κ2) is 7.89. The maximum atomic E-state index is 12.8. The summed E-state index contributed by atoms with van der Waals surface area (Å²) in [5.74, 6) is 0.109. The first-order valence-corrected chi connectivity index (χ1v) is 9.89. The average Bonchev–Trinajstić information content (AvgIpc) is 2.73. The van der Waals surface area contributed by atoms with Crippen molar-refractivity contribution in [3.8, 4) is 0 Å². The predicted molar refractivity (Wildman–Crippen MR) is 115 cm³/mol. The lowest BCUT2D eigenvalue weighted by Gasteiger charge is -2.36. The van der Waals surface area contributed by atoms with Crippen molar-refractivity contribution in [1.82, 2.24) is 9.88 Å². The van der Waals surface area contributed by atoms with Crippen LogP contribution in [0.1, 0.15) is 22.8 Å². The summed E-state index contributed by atoms with van der Waals surface area (Å²) in [5, 5.41) is 4.43. The second-order valence-electron chi connectivity index (χ2n) is 7.24. The normalized spacial score (nSPS) is 14.4. The molecule has 1 aromatic heterocycles. The zero-order valence-electron chi connectivity index (χ0n) is 16.5. The molecule has 0 aliphatic carbocycles. The lowest BCUT2D eigenvalue weighted by atomic mass is 10.1. The number of fused-ring (bicyclic) bond motifs is 1. The van der Waals surface area contributed by atoms with Crippen LogP contribution in [0.4, 0.5) is 11.4 Å². The molecule has 1 amide bonds. The van der Waals surface area contributed by atoms with Crippen molar-refractivity contribution in [2.24, 2.45) is 0 Å². The largest absolute Gasteiger partial charge is 0.385 e. The minimum absolute atomic E-state index is 0.109. The van der Waals surface area contributed by atoms with Gasteiger partial charge in [0.1, 0.15) is 0 Å². The van der Waals surface area contributed by atoms with Crippen LogP contribution in [-0.4, -0.2) is 48.5 Å². The number of hydrogen-bond acceptors (Lipinski definition) is 4. The summed E-state index contributed by atoms with van der Waals surface area (Å²) in [6.45, 7) is 8.13. The highest BCUT2D eigenvalue weighted by Gasteiger charge is 2.23. The van der Waals surface area contributed by atoms with E-state index in [0.29, 0.717) is 0 Å². The summed E-state index contributed by atoms with van der Waals surface area (Å²) >= 11 is 0. The van der Waals surface area contributed by atoms with Gasteiger partial charge in [-0.1, -0.05) is 12.1 Å². The molecule has 28 heavy (non-hydrogen) atoms. The van der Waals surface area contributed by atoms with Crippen molar-refractivity contribution >= 4 is 28.2 Å². The Kier molecular flexibility index (Phi) is 5.15. The number of piperazine rings is 1. The molecule has 0 radical (unpaired) electrons. The van der Waals surface area contributed by atoms with Crippen LogP contribution in [-0.2, 0) is 0 Å². The van der Waals surface area contributed by atoms with Gasteiger partial charge in [0.05, 0.1) is 5.52 Å². The van der Waals surface area contributed by atoms with Crippen LogP contribution in [0.2, 0.25) is 0 Å². The van der Waals surface area contributed by atoms with E-state index < -0.39 is 0 Å². The third kappa shape index (κ3) is 3.65. The number of aromatic nitrogens is 1. The summed E-state index contributed by atoms with van der Waals surface area (Å²) in [6.07, 6.45) is 1.88. The average molecular weight is 374 g/mol. The molecular formula is C23H26N4O. The van der Waals surface area contributed by atoms with Crippen molar-refractivity contribution in [1.29, 1.82) is 0 Å². The zero-order chi connectivity index (χ0) is 19.5. The van der Waals surface area contributed by atoms with Crippen LogP contribution in [0, 0.1) is 6.92 Å². The highest BCUT2D eigenvalue weighted by molar-refractivity contribution is 5.95. The van der Waals surface area contributed by atoms with Crippen molar-refractivity contribution in [3.63, 3.8) is 0 Å². The molecular weight excluding hydrogens is 348 g/mol. The van der Waals surface area contributed by atoms with Crippen molar-refractivity contribution in [3.05, 3.63) is 65.9 Å². The second-order valence-corrected chi connectivity index (χ2v) is 7.24. The lowest BCUT2D eigenvalue weighted by Crippen LogP contribution is -2.48. The molecule has 5 nitrogen and oxygen atoms in total. The number of hydrogen-bond donors (Lipinski definition) is 1. The van der Waals surface area contributed by atoms with Crippen LogP contribution in [0.25, 0.3) is 10.9 Å². The number of benzene rings is 2. The quantitative estimate of drug-likeness (QED) is 0.752. The first kappa shape index (κ1) is 18.3. The number of carbonyl (C=O) groups excluding carboxylic acids is 1. The molecule has 0 unspecified atom stereocenters. The number of pyridine rings is 1. The third-order valence-electron chi connectivity index (χ3n) is 5.30. The molecule has 0 atom stereocenters. The Morgan fingerprint density at radius 3 is 2.50 bits per heavy atom. The smallest absolute Gasteiger partial charge is 0.253 e. The Bertz CT molecular complexity index is 976. The SMILES string of the molecule is CCNc1ccc(C(=O)N2CCN(c3ccnc4cc(C)ccc34)CC2)cc1. The van der Waals surface area contributed by atoms with Gasteiger partial charge in [0.2, 0.25) is 0 Å². The Labute approximate surface area is 166 Å². The van der Waals surface area contributed by atoms with E-state index in [4.69, 9.17) is 0 Å². The van der Waals surface area contributed by atoms with Crippen LogP contribution in [0.5, 0.6) is 0 Å². The fraction of sp³-hybridized carbons (Fsp3) is 0.304. The van der Waals surface area contributed by atoms with Crippen LogP contribution in [0.3, 0.4) is 0 Å². The Morgan fingerprint density at radius 1 is 1.04 bits per heavy atom. The van der Waals surface area contributed by atoms with Crippen LogP contribution in [0.15, 0.2) is 54.7 Å². The molecule has 1 aliphatic rings. The lowest BCUT2D eigenvalue weighted by molar-refractivity contribution is 0.0747. The first-order chi connectivity index (χ1) is 13.7. The summed E-state index contributed by atoms with van der Waals surface area (Å²) in [7, 11) is 0. The Balaban J connectivity index is 1.45. The van der Waals surface area contributed by atoms with Gasteiger partial charge < -0.3 is 15.1 Å². The minimum Gasteiger partial charge on any atom is -0.385 e. The van der Waals surface area contributed by atoms with E-state index in [1.807, 2.05) is 35.4 Å². The Hall–Kier alpha value is -3.08. The number of anilines is 2. The van der Waals surface area contributed by atoms with Gasteiger partial charge in [-0.2, -0.15) is 0 Å². The van der Waals surface area contributed by atoms with Gasteiger partial charge in [0, 0.05) is 61.2 Å². The van der Waals surface area contributed by atoms with E-state index in [2.05, 4.69) is 53.3 Å².